The van der Waals surface area contributed by atoms with Gasteiger partial charge >= 0.3 is 5.97 Å². The summed E-state index contributed by atoms with van der Waals surface area (Å²) in [6, 6.07) is -0.630. The lowest BCUT2D eigenvalue weighted by atomic mass is 10.0. The third-order valence-corrected chi connectivity index (χ3v) is 16.1. The number of aliphatic hydroxyl groups excluding tert-OH is 2. The lowest BCUT2D eigenvalue weighted by molar-refractivity contribution is -0.143. The topological polar surface area (TPSA) is 95.9 Å². The third-order valence-electron chi connectivity index (χ3n) is 16.1. The summed E-state index contributed by atoms with van der Waals surface area (Å²) < 4.78 is 5.50. The first kappa shape index (κ1) is 75.1. The Morgan fingerprint density at radius 2 is 0.610 bits per heavy atom. The van der Waals surface area contributed by atoms with Crippen LogP contribution in [-0.4, -0.2) is 47.4 Å². The van der Waals surface area contributed by atoms with Gasteiger partial charge in [-0.15, -0.1) is 0 Å². The van der Waals surface area contributed by atoms with Crippen molar-refractivity contribution in [2.75, 3.05) is 13.2 Å². The Labute approximate surface area is 481 Å². The zero-order chi connectivity index (χ0) is 55.7. The molecule has 1 amide bonds. The van der Waals surface area contributed by atoms with Gasteiger partial charge in [-0.2, -0.15) is 0 Å². The number of hydrogen-bond acceptors (Lipinski definition) is 5. The van der Waals surface area contributed by atoms with Gasteiger partial charge in [-0.3, -0.25) is 9.59 Å². The van der Waals surface area contributed by atoms with E-state index in [1.807, 2.05) is 6.08 Å². The van der Waals surface area contributed by atoms with E-state index < -0.39 is 12.1 Å². The molecule has 0 fully saturated rings. The Bertz CT molecular complexity index is 1250. The molecule has 0 aliphatic heterocycles. The number of ether oxygens (including phenoxy) is 1. The van der Waals surface area contributed by atoms with Crippen molar-refractivity contribution in [3.8, 4) is 0 Å². The standard InChI is InChI=1S/C71H135NO5/c1-3-5-7-9-11-13-15-17-19-31-35-39-43-47-51-55-59-63-69(74)68(67-73)72-70(75)64-60-56-52-48-44-40-36-33-29-27-25-23-21-22-24-26-28-30-34-38-42-46-50-54-58-62-66-77-71(76)65-61-57-53-49-45-41-37-32-20-18-16-14-12-10-8-6-4-2/h18,20-21,23,59,63,68-69,73-74H,3-17,19,22,24-58,60-62,64-67H2,1-2H3,(H,72,75)/b20-18-,23-21-,63-59+. The molecule has 6 heteroatoms. The number of amides is 1. The molecule has 2 atom stereocenters. The zero-order valence-corrected chi connectivity index (χ0v) is 52.0. The first-order valence-corrected chi connectivity index (χ1v) is 34.8. The summed E-state index contributed by atoms with van der Waals surface area (Å²) in [6.07, 6.45) is 85.0. The van der Waals surface area contributed by atoms with Crippen LogP contribution >= 0.6 is 0 Å². The van der Waals surface area contributed by atoms with E-state index in [0.29, 0.717) is 19.4 Å². The fourth-order valence-corrected chi connectivity index (χ4v) is 10.8. The molecule has 0 aromatic carbocycles. The highest BCUT2D eigenvalue weighted by Gasteiger charge is 2.18. The minimum atomic E-state index is -0.846. The normalized spacial score (nSPS) is 12.7. The first-order chi connectivity index (χ1) is 38.0. The number of carbonyl (C=O) groups excluding carboxylic acids is 2. The fraction of sp³-hybridized carbons (Fsp3) is 0.887. The van der Waals surface area contributed by atoms with E-state index in [4.69, 9.17) is 4.74 Å². The molecule has 77 heavy (non-hydrogen) atoms. The van der Waals surface area contributed by atoms with Gasteiger partial charge in [0.25, 0.3) is 0 Å². The number of hydrogen-bond donors (Lipinski definition) is 3. The molecule has 2 unspecified atom stereocenters. The predicted molar refractivity (Wildman–Crippen MR) is 338 cm³/mol. The highest BCUT2D eigenvalue weighted by Crippen LogP contribution is 2.18. The monoisotopic (exact) mass is 1080 g/mol. The van der Waals surface area contributed by atoms with Crippen LogP contribution in [-0.2, 0) is 14.3 Å². The minimum absolute atomic E-state index is 0.0110. The highest BCUT2D eigenvalue weighted by molar-refractivity contribution is 5.76. The second kappa shape index (κ2) is 66.6. The van der Waals surface area contributed by atoms with Crippen LogP contribution in [0.1, 0.15) is 380 Å². The molecule has 454 valence electrons. The van der Waals surface area contributed by atoms with Crippen LogP contribution in [0, 0.1) is 0 Å². The molecule has 0 aromatic rings. The van der Waals surface area contributed by atoms with E-state index in [2.05, 4.69) is 43.5 Å². The van der Waals surface area contributed by atoms with Crippen LogP contribution in [0.4, 0.5) is 0 Å². The summed E-state index contributed by atoms with van der Waals surface area (Å²) in [5.41, 5.74) is 0. The van der Waals surface area contributed by atoms with Gasteiger partial charge < -0.3 is 20.3 Å². The maximum absolute atomic E-state index is 12.5. The molecule has 0 spiro atoms. The van der Waals surface area contributed by atoms with Crippen molar-refractivity contribution in [2.24, 2.45) is 0 Å². The Morgan fingerprint density at radius 1 is 0.351 bits per heavy atom. The molecule has 0 bridgehead atoms. The van der Waals surface area contributed by atoms with Crippen molar-refractivity contribution in [1.82, 2.24) is 5.32 Å². The SMILES string of the molecule is CCCCCCCC/C=C\CCCCCCCCCC(=O)OCCCCCCCCCCCCCC/C=C\CCCCCCCCCCCCC(=O)NC(CO)C(O)/C=C/CCCCCCCCCCCCCCCCC. The predicted octanol–water partition coefficient (Wildman–Crippen LogP) is 22.3. The summed E-state index contributed by atoms with van der Waals surface area (Å²) in [4.78, 5) is 24.6. The first-order valence-electron chi connectivity index (χ1n) is 34.8. The van der Waals surface area contributed by atoms with Gasteiger partial charge in [-0.25, -0.2) is 0 Å². The number of allylic oxidation sites excluding steroid dienone is 5. The molecular formula is C71H135NO5. The summed E-state index contributed by atoms with van der Waals surface area (Å²) in [6.45, 7) is 4.93. The Hall–Kier alpha value is -1.92. The second-order valence-electron chi connectivity index (χ2n) is 23.9. The number of rotatable bonds is 65. The van der Waals surface area contributed by atoms with Gasteiger partial charge in [0.05, 0.1) is 25.4 Å². The van der Waals surface area contributed by atoms with E-state index in [9.17, 15) is 19.8 Å². The van der Waals surface area contributed by atoms with Crippen molar-refractivity contribution < 1.29 is 24.5 Å². The van der Waals surface area contributed by atoms with Crippen LogP contribution in [0.25, 0.3) is 0 Å². The number of aliphatic hydroxyl groups is 2. The number of esters is 1. The third kappa shape index (κ3) is 63.1. The van der Waals surface area contributed by atoms with E-state index in [-0.39, 0.29) is 18.5 Å². The van der Waals surface area contributed by atoms with Crippen LogP contribution < -0.4 is 5.32 Å². The molecule has 0 rings (SSSR count). The molecule has 0 heterocycles. The summed E-state index contributed by atoms with van der Waals surface area (Å²) in [5, 5.41) is 23.2. The van der Waals surface area contributed by atoms with Gasteiger partial charge in [0.2, 0.25) is 5.91 Å². The number of carbonyl (C=O) groups is 2. The van der Waals surface area contributed by atoms with Crippen LogP contribution in [0.15, 0.2) is 36.5 Å². The molecule has 0 aliphatic carbocycles. The quantitative estimate of drug-likeness (QED) is 0.0320. The van der Waals surface area contributed by atoms with Crippen molar-refractivity contribution in [2.45, 2.75) is 392 Å². The second-order valence-corrected chi connectivity index (χ2v) is 23.9. The Morgan fingerprint density at radius 3 is 0.922 bits per heavy atom. The maximum atomic E-state index is 12.5. The molecule has 0 aliphatic rings. The highest BCUT2D eigenvalue weighted by atomic mass is 16.5. The van der Waals surface area contributed by atoms with Gasteiger partial charge in [0.15, 0.2) is 0 Å². The van der Waals surface area contributed by atoms with E-state index >= 15 is 0 Å². The number of unbranched alkanes of at least 4 members (excludes halogenated alkanes) is 50. The molecule has 0 saturated heterocycles. The summed E-state index contributed by atoms with van der Waals surface area (Å²) >= 11 is 0. The zero-order valence-electron chi connectivity index (χ0n) is 52.0. The van der Waals surface area contributed by atoms with Crippen LogP contribution in [0.3, 0.4) is 0 Å². The largest absolute Gasteiger partial charge is 0.466 e. The van der Waals surface area contributed by atoms with Crippen LogP contribution in [0.2, 0.25) is 0 Å². The van der Waals surface area contributed by atoms with Gasteiger partial charge in [-0.05, 0) is 83.5 Å². The van der Waals surface area contributed by atoms with E-state index in [1.165, 1.54) is 308 Å². The van der Waals surface area contributed by atoms with Crippen molar-refractivity contribution in [3.05, 3.63) is 36.5 Å². The van der Waals surface area contributed by atoms with Gasteiger partial charge in [0, 0.05) is 12.8 Å². The molecule has 0 saturated carbocycles. The molecule has 6 nitrogen and oxygen atoms in total. The summed E-state index contributed by atoms with van der Waals surface area (Å²) in [5.74, 6) is -0.0564. The lowest BCUT2D eigenvalue weighted by Gasteiger charge is -2.20. The molecule has 0 aromatic heterocycles. The Balaban J connectivity index is 3.40. The molecule has 0 radical (unpaired) electrons. The minimum Gasteiger partial charge on any atom is -0.466 e. The van der Waals surface area contributed by atoms with Crippen molar-refractivity contribution >= 4 is 11.9 Å². The molecule has 3 N–H and O–H groups in total. The van der Waals surface area contributed by atoms with Crippen LogP contribution in [0.5, 0.6) is 0 Å². The van der Waals surface area contributed by atoms with E-state index in [1.54, 1.807) is 6.08 Å². The Kier molecular flexibility index (Phi) is 64.9. The van der Waals surface area contributed by atoms with Gasteiger partial charge in [-0.1, -0.05) is 320 Å². The smallest absolute Gasteiger partial charge is 0.305 e. The lowest BCUT2D eigenvalue weighted by Crippen LogP contribution is -2.45. The van der Waals surface area contributed by atoms with Crippen molar-refractivity contribution in [3.63, 3.8) is 0 Å². The van der Waals surface area contributed by atoms with Crippen molar-refractivity contribution in [1.29, 1.82) is 0 Å². The van der Waals surface area contributed by atoms with E-state index in [0.717, 1.165) is 44.9 Å². The molecular weight excluding hydrogens is 947 g/mol. The average molecular weight is 1080 g/mol. The van der Waals surface area contributed by atoms with Gasteiger partial charge in [0.1, 0.15) is 0 Å². The number of nitrogens with one attached hydrogen (secondary N) is 1. The fourth-order valence-electron chi connectivity index (χ4n) is 10.8. The average Bonchev–Trinajstić information content (AvgIpc) is 3.43. The summed E-state index contributed by atoms with van der Waals surface area (Å²) in [7, 11) is 0. The maximum Gasteiger partial charge on any atom is 0.305 e.